The van der Waals surface area contributed by atoms with Gasteiger partial charge in [0, 0.05) is 0 Å². The van der Waals surface area contributed by atoms with E-state index in [9.17, 15) is 4.79 Å². The van der Waals surface area contributed by atoms with Gasteiger partial charge in [0.2, 0.25) is 0 Å². The molecule has 0 amide bonds. The molecular weight excluding hydrogens is 135 g/mol. The van der Waals surface area contributed by atoms with Crippen molar-refractivity contribution >= 4 is 5.97 Å². The summed E-state index contributed by atoms with van der Waals surface area (Å²) in [6, 6.07) is 0. The van der Waals surface area contributed by atoms with Crippen LogP contribution in [0.15, 0.2) is 0 Å². The fraction of sp³-hybridized carbons (Fsp3) is 0.333. The minimum absolute atomic E-state index is 0.0278. The predicted octanol–water partition coefficient (Wildman–Crippen LogP) is 0.174. The summed E-state index contributed by atoms with van der Waals surface area (Å²) in [6.07, 6.45) is -0.0278. The van der Waals surface area contributed by atoms with Crippen LogP contribution in [0.2, 0.25) is 0 Å². The second-order valence-electron chi connectivity index (χ2n) is 0.644. The van der Waals surface area contributed by atoms with E-state index in [-0.39, 0.29) is 6.42 Å². The first-order chi connectivity index (χ1) is 3.27. The average molecular weight is 140 g/mol. The standard InChI is InChI=1S/C3H5O2.O.V/c1-2-3(4)5;;/h1-2H2,(H,4,5);;/q-1;;. The molecule has 3 nitrogen and oxygen atoms in total. The van der Waals surface area contributed by atoms with Gasteiger partial charge in [0.15, 0.2) is 0 Å². The molecule has 0 rings (SSSR count). The van der Waals surface area contributed by atoms with Crippen molar-refractivity contribution in [3.05, 3.63) is 6.92 Å². The molecule has 7 heavy (non-hydrogen) atoms. The van der Waals surface area contributed by atoms with E-state index in [0.717, 1.165) is 17.4 Å². The molecule has 0 unspecified atom stereocenters. The molecule has 0 heterocycles. The molecule has 0 fully saturated rings. The van der Waals surface area contributed by atoms with Gasteiger partial charge in [-0.25, -0.2) is 0 Å². The van der Waals surface area contributed by atoms with Gasteiger partial charge in [-0.3, -0.25) is 4.79 Å². The Bertz CT molecular complexity index is 54.1. The van der Waals surface area contributed by atoms with Crippen molar-refractivity contribution in [2.24, 2.45) is 0 Å². The number of hydrogen-bond donors (Lipinski definition) is 1. The van der Waals surface area contributed by atoms with E-state index in [1.165, 1.54) is 0 Å². The maximum absolute atomic E-state index is 9.31. The van der Waals surface area contributed by atoms with E-state index in [2.05, 4.69) is 6.92 Å². The van der Waals surface area contributed by atoms with E-state index in [0.29, 0.717) is 0 Å². The van der Waals surface area contributed by atoms with E-state index < -0.39 is 5.97 Å². The van der Waals surface area contributed by atoms with Crippen LogP contribution >= 0.6 is 0 Å². The molecule has 0 atom stereocenters. The predicted molar refractivity (Wildman–Crippen MR) is 18.3 cm³/mol. The summed E-state index contributed by atoms with van der Waals surface area (Å²) in [6.45, 7) is 3.09. The third-order valence-electron chi connectivity index (χ3n) is 0.214. The molecule has 0 aliphatic rings. The molecule has 0 aromatic carbocycles. The zero-order valence-corrected chi connectivity index (χ0v) is 5.02. The number of hydrogen-bond acceptors (Lipinski definition) is 2. The molecule has 0 aliphatic heterocycles. The van der Waals surface area contributed by atoms with Crippen molar-refractivity contribution in [3.63, 3.8) is 0 Å². The third-order valence-corrected chi connectivity index (χ3v) is 0.214. The Balaban J connectivity index is 0. The van der Waals surface area contributed by atoms with Crippen molar-refractivity contribution in [3.8, 4) is 0 Å². The average Bonchev–Trinajstić information content (AvgIpc) is 1.73. The number of aliphatic carboxylic acids is 1. The monoisotopic (exact) mass is 140 g/mol. The first kappa shape index (κ1) is 9.97. The van der Waals surface area contributed by atoms with Crippen LogP contribution in [0.5, 0.6) is 0 Å². The van der Waals surface area contributed by atoms with Crippen molar-refractivity contribution < 1.29 is 30.9 Å². The van der Waals surface area contributed by atoms with Crippen LogP contribution in [0.1, 0.15) is 6.42 Å². The Morgan fingerprint density at radius 1 is 1.71 bits per heavy atom. The molecule has 41 valence electrons. The van der Waals surface area contributed by atoms with Crippen molar-refractivity contribution in [1.82, 2.24) is 0 Å². The fourth-order valence-electron chi connectivity index (χ4n) is 0. The molecule has 1 N–H and O–H groups in total. The van der Waals surface area contributed by atoms with Gasteiger partial charge < -0.3 is 12.0 Å². The zero-order valence-electron chi connectivity index (χ0n) is 3.63. The molecule has 0 aromatic rings. The minimum atomic E-state index is -0.856. The van der Waals surface area contributed by atoms with Crippen LogP contribution in [-0.2, 0) is 25.8 Å². The van der Waals surface area contributed by atoms with Gasteiger partial charge >= 0.3 is 21.0 Å². The summed E-state index contributed by atoms with van der Waals surface area (Å²) >= 11 is 1.06. The molecule has 0 saturated carbocycles. The Morgan fingerprint density at radius 2 is 1.86 bits per heavy atom. The first-order valence-electron chi connectivity index (χ1n) is 1.46. The molecule has 0 aromatic heterocycles. The first-order valence-corrected chi connectivity index (χ1v) is 2.03. The number of carboxylic acid groups (broad SMARTS) is 1. The quantitative estimate of drug-likeness (QED) is 0.528. The van der Waals surface area contributed by atoms with Gasteiger partial charge in [-0.2, -0.15) is 0 Å². The summed E-state index contributed by atoms with van der Waals surface area (Å²) in [5.74, 6) is -0.856. The second-order valence-corrected chi connectivity index (χ2v) is 0.644. The zero-order chi connectivity index (χ0) is 6.28. The molecule has 0 spiro atoms. The van der Waals surface area contributed by atoms with Crippen LogP contribution in [-0.4, -0.2) is 11.1 Å². The number of carbonyl (C=O) groups is 1. The van der Waals surface area contributed by atoms with Gasteiger partial charge in [-0.15, -0.1) is 0 Å². The number of carboxylic acids is 1. The number of rotatable bonds is 1. The summed E-state index contributed by atoms with van der Waals surface area (Å²) in [7, 11) is 0. The normalized spacial score (nSPS) is 5.71. The summed E-state index contributed by atoms with van der Waals surface area (Å²) < 4.78 is 8.19. The van der Waals surface area contributed by atoms with E-state index in [4.69, 9.17) is 8.78 Å². The Kier molecular flexibility index (Phi) is 13.2. The van der Waals surface area contributed by atoms with Gasteiger partial charge in [0.1, 0.15) is 0 Å². The second kappa shape index (κ2) is 9.29. The molecule has 0 aliphatic carbocycles. The van der Waals surface area contributed by atoms with Crippen molar-refractivity contribution in [1.29, 1.82) is 0 Å². The molecule has 0 bridgehead atoms. The van der Waals surface area contributed by atoms with Gasteiger partial charge in [-0.1, -0.05) is 6.42 Å². The Morgan fingerprint density at radius 3 is 1.86 bits per heavy atom. The van der Waals surface area contributed by atoms with Crippen LogP contribution in [0.4, 0.5) is 0 Å². The van der Waals surface area contributed by atoms with E-state index in [1.807, 2.05) is 0 Å². The molecule has 4 heteroatoms. The summed E-state index contributed by atoms with van der Waals surface area (Å²) in [4.78, 5) is 9.31. The summed E-state index contributed by atoms with van der Waals surface area (Å²) in [5, 5.41) is 7.66. The SMILES string of the molecule is [CH2-]CC(=O)O.[O]=[V]. The van der Waals surface area contributed by atoms with Crippen molar-refractivity contribution in [2.45, 2.75) is 6.42 Å². The molecular formula is C3H5O3V-. The molecule has 0 saturated heterocycles. The van der Waals surface area contributed by atoms with Crippen LogP contribution < -0.4 is 0 Å². The van der Waals surface area contributed by atoms with Crippen LogP contribution in [0.25, 0.3) is 0 Å². The third kappa shape index (κ3) is 25.3. The Labute approximate surface area is 50.9 Å². The summed E-state index contributed by atoms with van der Waals surface area (Å²) in [5.41, 5.74) is 0. The van der Waals surface area contributed by atoms with Crippen molar-refractivity contribution in [2.75, 3.05) is 0 Å². The maximum atomic E-state index is 9.31. The van der Waals surface area contributed by atoms with E-state index in [1.54, 1.807) is 0 Å². The van der Waals surface area contributed by atoms with E-state index >= 15 is 0 Å². The van der Waals surface area contributed by atoms with Gasteiger partial charge in [0.05, 0.1) is 0 Å². The fourth-order valence-corrected chi connectivity index (χ4v) is 0. The topological polar surface area (TPSA) is 54.4 Å². The molecule has 0 radical (unpaired) electrons. The Hall–Kier alpha value is -0.146. The van der Waals surface area contributed by atoms with Crippen LogP contribution in [0, 0.1) is 6.92 Å². The van der Waals surface area contributed by atoms with Gasteiger partial charge in [0.25, 0.3) is 5.97 Å². The van der Waals surface area contributed by atoms with Gasteiger partial charge in [-0.05, 0) is 0 Å². The van der Waals surface area contributed by atoms with Crippen LogP contribution in [0.3, 0.4) is 0 Å².